The second kappa shape index (κ2) is 9.25. The average Bonchev–Trinajstić information content (AvgIpc) is 3.57. The van der Waals surface area contributed by atoms with Gasteiger partial charge in [0.05, 0.1) is 12.8 Å². The van der Waals surface area contributed by atoms with Gasteiger partial charge in [-0.1, -0.05) is 12.1 Å². The molecule has 1 saturated heterocycles. The molecule has 170 valence electrons. The zero-order valence-corrected chi connectivity index (χ0v) is 18.1. The van der Waals surface area contributed by atoms with Crippen molar-refractivity contribution in [3.8, 4) is 11.6 Å². The number of nitrogens with one attached hydrogen (secondary N) is 2. The normalized spacial score (nSPS) is 14.1. The van der Waals surface area contributed by atoms with E-state index in [-0.39, 0.29) is 11.9 Å². The Morgan fingerprint density at radius 1 is 1.09 bits per heavy atom. The number of nitrogens with zero attached hydrogens (tertiary/aromatic N) is 6. The molecule has 1 aromatic carbocycles. The molecule has 4 N–H and O–H groups in total. The van der Waals surface area contributed by atoms with Crippen molar-refractivity contribution >= 4 is 29.3 Å². The maximum atomic E-state index is 12.2. The van der Waals surface area contributed by atoms with Crippen molar-refractivity contribution in [1.29, 1.82) is 0 Å². The molecular formula is C22H25N9O2. The number of benzene rings is 1. The molecule has 3 aromatic heterocycles. The van der Waals surface area contributed by atoms with Crippen LogP contribution in [0.25, 0.3) is 17.4 Å². The smallest absolute Gasteiger partial charge is 0.259 e. The van der Waals surface area contributed by atoms with Crippen LogP contribution in [-0.2, 0) is 11.2 Å². The molecule has 11 nitrogen and oxygen atoms in total. The number of aromatic nitrogens is 5. The third-order valence-electron chi connectivity index (χ3n) is 5.48. The summed E-state index contributed by atoms with van der Waals surface area (Å²) in [5.41, 5.74) is 7.94. The third kappa shape index (κ3) is 4.93. The second-order valence-corrected chi connectivity index (χ2v) is 7.94. The Kier molecular flexibility index (Phi) is 5.85. The van der Waals surface area contributed by atoms with Gasteiger partial charge >= 0.3 is 0 Å². The van der Waals surface area contributed by atoms with Crippen LogP contribution in [0.1, 0.15) is 18.4 Å². The zero-order chi connectivity index (χ0) is 22.6. The van der Waals surface area contributed by atoms with Crippen LogP contribution in [0, 0.1) is 0 Å². The van der Waals surface area contributed by atoms with Crippen molar-refractivity contribution in [2.45, 2.75) is 19.3 Å². The van der Waals surface area contributed by atoms with E-state index in [1.54, 1.807) is 18.4 Å². The molecule has 0 aliphatic carbocycles. The highest BCUT2D eigenvalue weighted by molar-refractivity contribution is 5.92. The average molecular weight is 448 g/mol. The van der Waals surface area contributed by atoms with Gasteiger partial charge in [-0.05, 0) is 62.2 Å². The van der Waals surface area contributed by atoms with E-state index >= 15 is 0 Å². The SMILES string of the molecule is Nc1nc(NCCc2ccc(NC(=O)CN3CCCC3)cc2)nc2nc(-c3ccco3)nn12. The van der Waals surface area contributed by atoms with Gasteiger partial charge in [-0.15, -0.1) is 5.10 Å². The van der Waals surface area contributed by atoms with Gasteiger partial charge in [0.1, 0.15) is 0 Å². The molecule has 1 amide bonds. The highest BCUT2D eigenvalue weighted by atomic mass is 16.3. The number of nitrogens with two attached hydrogens (primary N) is 1. The Bertz CT molecular complexity index is 1230. The minimum atomic E-state index is 0.0279. The summed E-state index contributed by atoms with van der Waals surface area (Å²) >= 11 is 0. The fourth-order valence-corrected chi connectivity index (χ4v) is 3.81. The second-order valence-electron chi connectivity index (χ2n) is 7.94. The molecule has 1 fully saturated rings. The number of hydrogen-bond acceptors (Lipinski definition) is 9. The van der Waals surface area contributed by atoms with Crippen LogP contribution in [0.3, 0.4) is 0 Å². The fraction of sp³-hybridized carbons (Fsp3) is 0.318. The Hall–Kier alpha value is -3.99. The van der Waals surface area contributed by atoms with E-state index in [9.17, 15) is 4.79 Å². The third-order valence-corrected chi connectivity index (χ3v) is 5.48. The molecule has 1 aliphatic rings. The van der Waals surface area contributed by atoms with E-state index in [4.69, 9.17) is 10.2 Å². The zero-order valence-electron chi connectivity index (χ0n) is 18.1. The standard InChI is InChI=1S/C22H25N9O2/c23-20-27-21(28-22-26-19(29-31(20)22)17-4-3-13-33-17)24-10-9-15-5-7-16(8-6-15)25-18(32)14-30-11-1-2-12-30/h3-8,13H,1-2,9-12,14H2,(H,25,32)(H3,23,24,26,27,28,29). The van der Waals surface area contributed by atoms with Crippen LogP contribution >= 0.6 is 0 Å². The van der Waals surface area contributed by atoms with E-state index in [1.165, 1.54) is 17.4 Å². The van der Waals surface area contributed by atoms with E-state index in [2.05, 4.69) is 35.6 Å². The molecule has 0 atom stereocenters. The summed E-state index contributed by atoms with van der Waals surface area (Å²) in [6.45, 7) is 3.07. The van der Waals surface area contributed by atoms with E-state index in [1.807, 2.05) is 24.3 Å². The molecular weight excluding hydrogens is 422 g/mol. The van der Waals surface area contributed by atoms with Crippen molar-refractivity contribution in [2.75, 3.05) is 42.5 Å². The first-order valence-corrected chi connectivity index (χ1v) is 10.9. The number of nitrogen functional groups attached to an aromatic ring is 1. The number of fused-ring (bicyclic) bond motifs is 1. The lowest BCUT2D eigenvalue weighted by atomic mass is 10.1. The quantitative estimate of drug-likeness (QED) is 0.370. The minimum absolute atomic E-state index is 0.0279. The van der Waals surface area contributed by atoms with Crippen LogP contribution in [0.2, 0.25) is 0 Å². The molecule has 0 saturated carbocycles. The fourth-order valence-electron chi connectivity index (χ4n) is 3.81. The summed E-state index contributed by atoms with van der Waals surface area (Å²) < 4.78 is 6.70. The van der Waals surface area contributed by atoms with Gasteiger partial charge in [0, 0.05) is 12.2 Å². The number of anilines is 3. The largest absolute Gasteiger partial charge is 0.461 e. The molecule has 33 heavy (non-hydrogen) atoms. The first-order valence-electron chi connectivity index (χ1n) is 10.9. The monoisotopic (exact) mass is 447 g/mol. The van der Waals surface area contributed by atoms with Gasteiger partial charge in [0.15, 0.2) is 5.76 Å². The van der Waals surface area contributed by atoms with Gasteiger partial charge < -0.3 is 20.8 Å². The van der Waals surface area contributed by atoms with Crippen molar-refractivity contribution in [3.63, 3.8) is 0 Å². The molecule has 4 aromatic rings. The van der Waals surface area contributed by atoms with Gasteiger partial charge in [-0.3, -0.25) is 9.69 Å². The number of likely N-dealkylation sites (tertiary alicyclic amines) is 1. The lowest BCUT2D eigenvalue weighted by molar-refractivity contribution is -0.117. The van der Waals surface area contributed by atoms with Crippen molar-refractivity contribution < 1.29 is 9.21 Å². The summed E-state index contributed by atoms with van der Waals surface area (Å²) in [7, 11) is 0. The first kappa shape index (κ1) is 20.9. The van der Waals surface area contributed by atoms with Crippen LogP contribution in [0.5, 0.6) is 0 Å². The van der Waals surface area contributed by atoms with E-state index in [0.29, 0.717) is 36.4 Å². The summed E-state index contributed by atoms with van der Waals surface area (Å²) in [5, 5.41) is 10.4. The molecule has 5 rings (SSSR count). The number of rotatable bonds is 8. The maximum absolute atomic E-state index is 12.2. The van der Waals surface area contributed by atoms with Crippen LogP contribution in [0.15, 0.2) is 47.1 Å². The van der Waals surface area contributed by atoms with Gasteiger partial charge in [-0.2, -0.15) is 19.5 Å². The number of furan rings is 1. The lowest BCUT2D eigenvalue weighted by Gasteiger charge is -2.14. The van der Waals surface area contributed by atoms with Crippen LogP contribution in [0.4, 0.5) is 17.6 Å². The molecule has 1 aliphatic heterocycles. The van der Waals surface area contributed by atoms with E-state index in [0.717, 1.165) is 30.8 Å². The summed E-state index contributed by atoms with van der Waals surface area (Å²) in [6, 6.07) is 11.4. The number of carbonyl (C=O) groups is 1. The first-order chi connectivity index (χ1) is 16.1. The van der Waals surface area contributed by atoms with E-state index < -0.39 is 0 Å². The Labute approximate surface area is 190 Å². The molecule has 0 radical (unpaired) electrons. The Balaban J connectivity index is 1.15. The Morgan fingerprint density at radius 3 is 2.67 bits per heavy atom. The van der Waals surface area contributed by atoms with Gasteiger partial charge in [0.2, 0.25) is 23.6 Å². The van der Waals surface area contributed by atoms with Crippen molar-refractivity contribution in [1.82, 2.24) is 29.5 Å². The predicted molar refractivity (Wildman–Crippen MR) is 124 cm³/mol. The predicted octanol–water partition coefficient (Wildman–Crippen LogP) is 2.05. The molecule has 11 heteroatoms. The molecule has 0 spiro atoms. The lowest BCUT2D eigenvalue weighted by Crippen LogP contribution is -2.30. The Morgan fingerprint density at radius 2 is 1.91 bits per heavy atom. The maximum Gasteiger partial charge on any atom is 0.259 e. The van der Waals surface area contributed by atoms with Gasteiger partial charge in [-0.25, -0.2) is 0 Å². The molecule has 4 heterocycles. The minimum Gasteiger partial charge on any atom is -0.461 e. The summed E-state index contributed by atoms with van der Waals surface area (Å²) in [5.74, 6) is 1.85. The highest BCUT2D eigenvalue weighted by Gasteiger charge is 2.15. The van der Waals surface area contributed by atoms with Gasteiger partial charge in [0.25, 0.3) is 5.78 Å². The summed E-state index contributed by atoms with van der Waals surface area (Å²) in [6.07, 6.45) is 4.65. The van der Waals surface area contributed by atoms with Crippen molar-refractivity contribution in [2.24, 2.45) is 0 Å². The molecule has 0 bridgehead atoms. The number of carbonyl (C=O) groups excluding carboxylic acids is 1. The highest BCUT2D eigenvalue weighted by Crippen LogP contribution is 2.18. The topological polar surface area (TPSA) is 139 Å². The number of hydrogen-bond donors (Lipinski definition) is 3. The number of amides is 1. The van der Waals surface area contributed by atoms with Crippen LogP contribution in [-0.4, -0.2) is 61.6 Å². The molecule has 0 unspecified atom stereocenters. The van der Waals surface area contributed by atoms with Crippen LogP contribution < -0.4 is 16.4 Å². The van der Waals surface area contributed by atoms with Crippen molar-refractivity contribution in [3.05, 3.63) is 48.2 Å². The summed E-state index contributed by atoms with van der Waals surface area (Å²) in [4.78, 5) is 27.3.